The maximum absolute atomic E-state index is 8.93. The van der Waals surface area contributed by atoms with Gasteiger partial charge in [0.2, 0.25) is 0 Å². The third kappa shape index (κ3) is 89.6. The van der Waals surface area contributed by atoms with Gasteiger partial charge in [0.05, 0.1) is 67.3 Å². The van der Waals surface area contributed by atoms with E-state index >= 15 is 0 Å². The molecule has 0 radical (unpaired) electrons. The van der Waals surface area contributed by atoms with E-state index in [0.717, 1.165) is 8.97 Å². The van der Waals surface area contributed by atoms with Crippen LogP contribution in [0.1, 0.15) is 194 Å². The van der Waals surface area contributed by atoms with E-state index in [1.807, 2.05) is 0 Å². The van der Waals surface area contributed by atoms with Crippen molar-refractivity contribution in [3.8, 4) is 0 Å². The van der Waals surface area contributed by atoms with Crippen LogP contribution in [-0.2, 0) is 36.1 Å². The summed E-state index contributed by atoms with van der Waals surface area (Å²) < 4.78 is 2.25. The van der Waals surface area contributed by atoms with E-state index in [1.165, 1.54) is 193 Å². The zero-order valence-electron chi connectivity index (χ0n) is 35.7. The van der Waals surface area contributed by atoms with E-state index in [4.69, 9.17) is 40.8 Å². The van der Waals surface area contributed by atoms with Crippen LogP contribution < -0.4 is 31.2 Å². The number of carbonyl (C=O) groups excluding carboxylic acids is 2. The molecule has 0 aromatic heterocycles. The number of nitrogens with zero attached hydrogens (tertiary/aromatic N) is 2. The summed E-state index contributed by atoms with van der Waals surface area (Å²) in [7, 11) is 13.8. The molecule has 0 saturated heterocycles. The number of carboxylic acid groups (broad SMARTS) is 2. The molecule has 0 amide bonds. The molecule has 0 aromatic carbocycles. The molecule has 328 valence electrons. The van der Waals surface area contributed by atoms with Crippen molar-refractivity contribution in [1.82, 2.24) is 0 Å². The van der Waals surface area contributed by atoms with Crippen LogP contribution in [0.3, 0.4) is 0 Å². The molecule has 0 aliphatic carbocycles. The van der Waals surface area contributed by atoms with Crippen LogP contribution in [0.5, 0.6) is 0 Å². The normalized spacial score (nSPS) is 10.1. The Hall–Kier alpha value is -0.692. The number of hydrogen-bond donors (Lipinski definition) is 0. The molecule has 0 atom stereocenters. The SMILES string of the molecule is CCCCCCCCCCCCCCCC[N+](C)(C)C.CCCCCCCCCCCCCCCC[N+](C)(C)C.O.O=C([O-])C(=O)[O-].[Mo].[O-2].[O-][O-].[O-][O-]. The van der Waals surface area contributed by atoms with Gasteiger partial charge in [0.25, 0.3) is 0 Å². The molecule has 0 heterocycles. The van der Waals surface area contributed by atoms with Crippen molar-refractivity contribution in [2.45, 2.75) is 194 Å². The molecule has 0 bridgehead atoms. The molecule has 0 fully saturated rings. The second kappa shape index (κ2) is 58.0. The molecule has 2 N–H and O–H groups in total. The topological polar surface area (TPSA) is 232 Å². The standard InChI is InChI=1S/2C19H42N.C2H2O4.Mo.2O2.H2O.O/c2*1-5-6-7-8-9-10-11-12-13-14-15-16-17-18-19-20(2,3)4;3-1(4)2(5)6;;2*1-2;;/h2*5-19H2,1-4H3;(H,3,4)(H,5,6);;;;1H2;/q2*+1;;;2*-2;;-2/p-2. The first-order valence-corrected chi connectivity index (χ1v) is 20.1. The Bertz CT molecular complexity index is 596. The number of carboxylic acids is 2. The van der Waals surface area contributed by atoms with Crippen molar-refractivity contribution in [1.29, 1.82) is 0 Å². The molecule has 53 heavy (non-hydrogen) atoms. The smallest absolute Gasteiger partial charge is 0.0870 e. The van der Waals surface area contributed by atoms with Crippen molar-refractivity contribution >= 4 is 11.9 Å². The van der Waals surface area contributed by atoms with Crippen molar-refractivity contribution < 1.29 is 81.8 Å². The molecule has 12 nitrogen and oxygen atoms in total. The first-order valence-electron chi connectivity index (χ1n) is 20.1. The summed E-state index contributed by atoms with van der Waals surface area (Å²) in [6, 6.07) is 0. The van der Waals surface area contributed by atoms with E-state index in [1.54, 1.807) is 0 Å². The minimum Gasteiger partial charge on any atom is -2.00 e. The Labute approximate surface area is 341 Å². The number of rotatable bonds is 30. The van der Waals surface area contributed by atoms with E-state index in [9.17, 15) is 0 Å². The Balaban J connectivity index is -0.0000000973. The van der Waals surface area contributed by atoms with Crippen LogP contribution in [0, 0.1) is 0 Å². The van der Waals surface area contributed by atoms with Crippen LogP contribution in [0.15, 0.2) is 0 Å². The molecule has 0 unspecified atom stereocenters. The fraction of sp³-hybridized carbons (Fsp3) is 0.950. The molecule has 0 aromatic rings. The summed E-state index contributed by atoms with van der Waals surface area (Å²) in [5.74, 6) is -4.37. The van der Waals surface area contributed by atoms with Crippen molar-refractivity contribution in [3.63, 3.8) is 0 Å². The number of quaternary nitrogens is 2. The van der Waals surface area contributed by atoms with Gasteiger partial charge in [-0.25, -0.2) is 0 Å². The summed E-state index contributed by atoms with van der Waals surface area (Å²) in [4.78, 5) is 17.9. The van der Waals surface area contributed by atoms with Gasteiger partial charge >= 0.3 is 0 Å². The van der Waals surface area contributed by atoms with Crippen LogP contribution in [0.25, 0.3) is 0 Å². The second-order valence-corrected chi connectivity index (χ2v) is 15.8. The fourth-order valence-corrected chi connectivity index (χ4v) is 5.56. The molecule has 0 saturated carbocycles. The fourth-order valence-electron chi connectivity index (χ4n) is 5.56. The van der Waals surface area contributed by atoms with Gasteiger partial charge in [0, 0.05) is 21.1 Å². The molecule has 0 rings (SSSR count). The Kier molecular flexibility index (Phi) is 76.8. The second-order valence-electron chi connectivity index (χ2n) is 15.8. The number of carbonyl (C=O) groups is 2. The quantitative estimate of drug-likeness (QED) is 0.0260. The van der Waals surface area contributed by atoms with Crippen LogP contribution in [0.2, 0.25) is 0 Å². The minimum atomic E-state index is -2.19. The number of hydrogen-bond acceptors (Lipinski definition) is 8. The van der Waals surface area contributed by atoms with Gasteiger partial charge in [-0.2, -0.15) is 0 Å². The first kappa shape index (κ1) is 70.1. The zero-order valence-corrected chi connectivity index (χ0v) is 37.7. The van der Waals surface area contributed by atoms with Gasteiger partial charge in [-0.15, -0.1) is 0 Å². The summed E-state index contributed by atoms with van der Waals surface area (Å²) in [5, 5.41) is 45.9. The van der Waals surface area contributed by atoms with Crippen molar-refractivity contribution in [3.05, 3.63) is 0 Å². The van der Waals surface area contributed by atoms with Gasteiger partial charge in [-0.05, 0) is 25.7 Å². The van der Waals surface area contributed by atoms with Crippen molar-refractivity contribution in [2.24, 2.45) is 0 Å². The first-order chi connectivity index (χ1) is 23.8. The summed E-state index contributed by atoms with van der Waals surface area (Å²) in [5.41, 5.74) is 0. The van der Waals surface area contributed by atoms with E-state index in [0.29, 0.717) is 0 Å². The predicted octanol–water partition coefficient (Wildman–Crippen LogP) is 3.13. The maximum Gasteiger partial charge on any atom is 0.0870 e. The summed E-state index contributed by atoms with van der Waals surface area (Å²) >= 11 is 0. The van der Waals surface area contributed by atoms with E-state index in [2.05, 4.69) is 56.1 Å². The minimum absolute atomic E-state index is 0. The van der Waals surface area contributed by atoms with Gasteiger partial charge in [-0.1, -0.05) is 168 Å². The zero-order chi connectivity index (χ0) is 39.4. The maximum atomic E-state index is 8.93. The average molecular weight is 851 g/mol. The Morgan fingerprint density at radius 2 is 0.491 bits per heavy atom. The summed E-state index contributed by atoms with van der Waals surface area (Å²) in [6.07, 6.45) is 40.7. The predicted molar refractivity (Wildman–Crippen MR) is 201 cm³/mol. The number of aliphatic carboxylic acids is 2. The van der Waals surface area contributed by atoms with Gasteiger partial charge in [0.15, 0.2) is 0 Å². The van der Waals surface area contributed by atoms with E-state index in [-0.39, 0.29) is 32.0 Å². The van der Waals surface area contributed by atoms with Gasteiger partial charge in [0.1, 0.15) is 0 Å². The molecule has 0 spiro atoms. The van der Waals surface area contributed by atoms with Crippen LogP contribution >= 0.6 is 0 Å². The van der Waals surface area contributed by atoms with Gasteiger partial charge in [-0.3, -0.25) is 0 Å². The third-order valence-corrected chi connectivity index (χ3v) is 8.53. The Morgan fingerprint density at radius 1 is 0.358 bits per heavy atom. The van der Waals surface area contributed by atoms with Gasteiger partial charge < -0.3 is 60.7 Å². The molecule has 0 aliphatic rings. The monoisotopic (exact) mass is 853 g/mol. The van der Waals surface area contributed by atoms with Crippen LogP contribution in [-0.4, -0.2) is 81.8 Å². The number of unbranched alkanes of at least 4 members (excludes halogenated alkanes) is 26. The van der Waals surface area contributed by atoms with Crippen molar-refractivity contribution in [2.75, 3.05) is 55.4 Å². The third-order valence-electron chi connectivity index (χ3n) is 8.53. The summed E-state index contributed by atoms with van der Waals surface area (Å²) in [6.45, 7) is 7.25. The largest absolute Gasteiger partial charge is 2.00 e. The molecular formula is C40H86MoN2O10-6. The Morgan fingerprint density at radius 3 is 0.604 bits per heavy atom. The van der Waals surface area contributed by atoms with E-state index < -0.39 is 11.9 Å². The molecule has 13 heteroatoms. The average Bonchev–Trinajstić information content (AvgIpc) is 3.06. The molecular weight excluding hydrogens is 764 g/mol. The van der Waals surface area contributed by atoms with Crippen LogP contribution in [0.4, 0.5) is 0 Å². The molecule has 0 aliphatic heterocycles.